The first kappa shape index (κ1) is 12.3. The van der Waals surface area contributed by atoms with E-state index >= 15 is 0 Å². The van der Waals surface area contributed by atoms with Gasteiger partial charge in [0, 0.05) is 6.54 Å². The maximum absolute atomic E-state index is 12.4. The highest BCUT2D eigenvalue weighted by molar-refractivity contribution is 6.31. The molecule has 1 nitrogen and oxygen atoms in total. The molecule has 0 heterocycles. The number of hydrogen-bond acceptors (Lipinski definition) is 1. The van der Waals surface area contributed by atoms with Crippen LogP contribution in [0.15, 0.2) is 18.2 Å². The van der Waals surface area contributed by atoms with Gasteiger partial charge in [-0.2, -0.15) is 13.2 Å². The van der Waals surface area contributed by atoms with Crippen LogP contribution in [0.2, 0.25) is 5.02 Å². The lowest BCUT2D eigenvalue weighted by Crippen LogP contribution is -2.13. The second kappa shape index (κ2) is 4.86. The third-order valence-electron chi connectivity index (χ3n) is 1.92. The third kappa shape index (κ3) is 3.39. The Labute approximate surface area is 91.2 Å². The Bertz CT molecular complexity index is 336. The Kier molecular flexibility index (Phi) is 3.99. The van der Waals surface area contributed by atoms with E-state index in [1.807, 2.05) is 6.92 Å². The highest BCUT2D eigenvalue weighted by Gasteiger charge is 2.33. The van der Waals surface area contributed by atoms with Crippen molar-refractivity contribution >= 4 is 11.6 Å². The molecule has 0 radical (unpaired) electrons. The molecule has 0 fully saturated rings. The summed E-state index contributed by atoms with van der Waals surface area (Å²) in [6.45, 7) is 3.02. The normalized spacial score (nSPS) is 11.8. The van der Waals surface area contributed by atoms with E-state index in [9.17, 15) is 13.2 Å². The van der Waals surface area contributed by atoms with E-state index in [0.29, 0.717) is 18.7 Å². The number of hydrogen-bond donors (Lipinski definition) is 1. The SMILES string of the molecule is CCNCc1ccc(Cl)c(C(F)(F)F)c1. The van der Waals surface area contributed by atoms with Gasteiger partial charge in [-0.25, -0.2) is 0 Å². The lowest BCUT2D eigenvalue weighted by molar-refractivity contribution is -0.137. The molecule has 0 saturated heterocycles. The minimum atomic E-state index is -4.39. The highest BCUT2D eigenvalue weighted by atomic mass is 35.5. The van der Waals surface area contributed by atoms with Crippen molar-refractivity contribution in [1.82, 2.24) is 5.32 Å². The van der Waals surface area contributed by atoms with Gasteiger partial charge in [-0.05, 0) is 24.2 Å². The lowest BCUT2D eigenvalue weighted by Gasteiger charge is -2.11. The first-order chi connectivity index (χ1) is 6.95. The molecule has 1 aromatic carbocycles. The van der Waals surface area contributed by atoms with E-state index in [-0.39, 0.29) is 5.02 Å². The molecule has 0 amide bonds. The summed E-state index contributed by atoms with van der Waals surface area (Å²) < 4.78 is 37.3. The van der Waals surface area contributed by atoms with Crippen LogP contribution in [-0.2, 0) is 12.7 Å². The molecule has 0 spiro atoms. The molecule has 1 N–H and O–H groups in total. The maximum Gasteiger partial charge on any atom is 0.417 e. The zero-order valence-corrected chi connectivity index (χ0v) is 8.91. The summed E-state index contributed by atoms with van der Waals surface area (Å²) in [6.07, 6.45) is -4.39. The van der Waals surface area contributed by atoms with Crippen molar-refractivity contribution in [3.8, 4) is 0 Å². The fourth-order valence-electron chi connectivity index (χ4n) is 1.17. The molecular weight excluding hydrogens is 227 g/mol. The summed E-state index contributed by atoms with van der Waals surface area (Å²) in [5.41, 5.74) is -0.201. The van der Waals surface area contributed by atoms with Gasteiger partial charge in [0.2, 0.25) is 0 Å². The fourth-order valence-corrected chi connectivity index (χ4v) is 1.39. The fraction of sp³-hybridized carbons (Fsp3) is 0.400. The van der Waals surface area contributed by atoms with Crippen molar-refractivity contribution in [2.45, 2.75) is 19.6 Å². The van der Waals surface area contributed by atoms with Gasteiger partial charge in [-0.3, -0.25) is 0 Å². The summed E-state index contributed by atoms with van der Waals surface area (Å²) in [4.78, 5) is 0. The van der Waals surface area contributed by atoms with Crippen molar-refractivity contribution in [2.75, 3.05) is 6.54 Å². The summed E-state index contributed by atoms with van der Waals surface area (Å²) >= 11 is 5.47. The summed E-state index contributed by atoms with van der Waals surface area (Å²) in [6, 6.07) is 3.93. The standard InChI is InChI=1S/C10H11ClF3N/c1-2-15-6-7-3-4-9(11)8(5-7)10(12,13)14/h3-5,15H,2,6H2,1H3. The van der Waals surface area contributed by atoms with Gasteiger partial charge >= 0.3 is 6.18 Å². The molecule has 0 aliphatic rings. The molecule has 0 saturated carbocycles. The number of halogens is 4. The van der Waals surface area contributed by atoms with E-state index in [1.165, 1.54) is 6.07 Å². The molecule has 1 aromatic rings. The van der Waals surface area contributed by atoms with Gasteiger partial charge in [-0.15, -0.1) is 0 Å². The Hall–Kier alpha value is -0.740. The highest BCUT2D eigenvalue weighted by Crippen LogP contribution is 2.35. The topological polar surface area (TPSA) is 12.0 Å². The van der Waals surface area contributed by atoms with Crippen molar-refractivity contribution < 1.29 is 13.2 Å². The van der Waals surface area contributed by atoms with Crippen LogP contribution in [0.25, 0.3) is 0 Å². The molecule has 0 aliphatic heterocycles. The van der Waals surface area contributed by atoms with Crippen LogP contribution >= 0.6 is 11.6 Å². The maximum atomic E-state index is 12.4. The lowest BCUT2D eigenvalue weighted by atomic mass is 10.1. The summed E-state index contributed by atoms with van der Waals surface area (Å²) in [7, 11) is 0. The molecule has 0 aliphatic carbocycles. The van der Waals surface area contributed by atoms with Crippen LogP contribution in [0.1, 0.15) is 18.1 Å². The smallest absolute Gasteiger partial charge is 0.313 e. The van der Waals surface area contributed by atoms with Crippen LogP contribution < -0.4 is 5.32 Å². The molecule has 5 heteroatoms. The van der Waals surface area contributed by atoms with Crippen molar-refractivity contribution in [3.63, 3.8) is 0 Å². The van der Waals surface area contributed by atoms with Crippen LogP contribution in [0, 0.1) is 0 Å². The van der Waals surface area contributed by atoms with Gasteiger partial charge in [0.25, 0.3) is 0 Å². The predicted molar refractivity (Wildman–Crippen MR) is 53.8 cm³/mol. The number of benzene rings is 1. The third-order valence-corrected chi connectivity index (χ3v) is 2.24. The van der Waals surface area contributed by atoms with E-state index < -0.39 is 11.7 Å². The molecule has 84 valence electrons. The largest absolute Gasteiger partial charge is 0.417 e. The molecule has 1 rings (SSSR count). The van der Waals surface area contributed by atoms with E-state index in [0.717, 1.165) is 6.07 Å². The zero-order chi connectivity index (χ0) is 11.5. The van der Waals surface area contributed by atoms with E-state index in [4.69, 9.17) is 11.6 Å². The van der Waals surface area contributed by atoms with Gasteiger partial charge in [0.1, 0.15) is 0 Å². The molecule has 15 heavy (non-hydrogen) atoms. The molecular formula is C10H11ClF3N. The average molecular weight is 238 g/mol. The van der Waals surface area contributed by atoms with E-state index in [1.54, 1.807) is 6.07 Å². The van der Waals surface area contributed by atoms with Crippen LogP contribution in [0.3, 0.4) is 0 Å². The molecule has 0 aromatic heterocycles. The van der Waals surface area contributed by atoms with Crippen molar-refractivity contribution in [1.29, 1.82) is 0 Å². The molecule has 0 bridgehead atoms. The van der Waals surface area contributed by atoms with Gasteiger partial charge in [0.15, 0.2) is 0 Å². The minimum Gasteiger partial charge on any atom is -0.313 e. The van der Waals surface area contributed by atoms with Gasteiger partial charge < -0.3 is 5.32 Å². The zero-order valence-electron chi connectivity index (χ0n) is 8.16. The molecule has 0 unspecified atom stereocenters. The Morgan fingerprint density at radius 3 is 2.53 bits per heavy atom. The number of alkyl halides is 3. The average Bonchev–Trinajstić information content (AvgIpc) is 2.15. The van der Waals surface area contributed by atoms with Crippen molar-refractivity contribution in [3.05, 3.63) is 34.3 Å². The molecule has 0 atom stereocenters. The van der Waals surface area contributed by atoms with Crippen LogP contribution in [-0.4, -0.2) is 6.54 Å². The first-order valence-electron chi connectivity index (χ1n) is 4.51. The quantitative estimate of drug-likeness (QED) is 0.849. The van der Waals surface area contributed by atoms with Crippen molar-refractivity contribution in [2.24, 2.45) is 0 Å². The second-order valence-corrected chi connectivity index (χ2v) is 3.50. The summed E-state index contributed by atoms with van der Waals surface area (Å²) in [5.74, 6) is 0. The van der Waals surface area contributed by atoms with Gasteiger partial charge in [-0.1, -0.05) is 24.6 Å². The Balaban J connectivity index is 2.95. The first-order valence-corrected chi connectivity index (χ1v) is 4.89. The van der Waals surface area contributed by atoms with Gasteiger partial charge in [0.05, 0.1) is 10.6 Å². The monoisotopic (exact) mass is 237 g/mol. The second-order valence-electron chi connectivity index (χ2n) is 3.09. The Morgan fingerprint density at radius 1 is 1.33 bits per heavy atom. The Morgan fingerprint density at radius 2 is 2.00 bits per heavy atom. The number of nitrogens with one attached hydrogen (secondary N) is 1. The predicted octanol–water partition coefficient (Wildman–Crippen LogP) is 3.47. The van der Waals surface area contributed by atoms with E-state index in [2.05, 4.69) is 5.32 Å². The van der Waals surface area contributed by atoms with Crippen LogP contribution in [0.4, 0.5) is 13.2 Å². The minimum absolute atomic E-state index is 0.261. The summed E-state index contributed by atoms with van der Waals surface area (Å²) in [5, 5.41) is 2.69. The van der Waals surface area contributed by atoms with Crippen LogP contribution in [0.5, 0.6) is 0 Å². The number of rotatable bonds is 3.